The molecule has 1 aliphatic carbocycles. The minimum absolute atomic E-state index is 0.128. The zero-order valence-electron chi connectivity index (χ0n) is 9.08. The summed E-state index contributed by atoms with van der Waals surface area (Å²) in [4.78, 5) is 2.44. The van der Waals surface area contributed by atoms with E-state index in [0.29, 0.717) is 0 Å². The third kappa shape index (κ3) is 1.79. The highest BCUT2D eigenvalue weighted by atomic mass is 15.2. The molecule has 0 spiro atoms. The Bertz CT molecular complexity index is 225. The van der Waals surface area contributed by atoms with Gasteiger partial charge in [-0.3, -0.25) is 4.90 Å². The molecule has 78 valence electrons. The van der Waals surface area contributed by atoms with Crippen molar-refractivity contribution in [3.63, 3.8) is 0 Å². The normalized spacial score (nSPS) is 31.9. The van der Waals surface area contributed by atoms with Gasteiger partial charge in [0.1, 0.15) is 0 Å². The molecule has 1 aliphatic heterocycles. The second-order valence-electron chi connectivity index (χ2n) is 4.80. The standard InChI is InChI=1S/C12H20N2/c1-10(9-13)14-8-4-7-12(14)11-5-2-3-6-11/h10-12H,2-8H2,1H3. The SMILES string of the molecule is CC(C#N)N1CCCC1C1CCCC1. The van der Waals surface area contributed by atoms with Crippen LogP contribution in [-0.2, 0) is 0 Å². The van der Waals surface area contributed by atoms with Gasteiger partial charge in [-0.2, -0.15) is 5.26 Å². The maximum atomic E-state index is 8.96. The van der Waals surface area contributed by atoms with Crippen LogP contribution in [0, 0.1) is 17.2 Å². The smallest absolute Gasteiger partial charge is 0.0951 e. The predicted octanol–water partition coefficient (Wildman–Crippen LogP) is 2.55. The lowest BCUT2D eigenvalue weighted by atomic mass is 9.95. The van der Waals surface area contributed by atoms with Crippen LogP contribution in [0.5, 0.6) is 0 Å². The fourth-order valence-electron chi connectivity index (χ4n) is 3.22. The van der Waals surface area contributed by atoms with Crippen molar-refractivity contribution in [1.82, 2.24) is 4.90 Å². The molecule has 1 saturated heterocycles. The van der Waals surface area contributed by atoms with Crippen LogP contribution in [0.1, 0.15) is 45.4 Å². The molecule has 0 aromatic rings. The van der Waals surface area contributed by atoms with Crippen molar-refractivity contribution in [2.75, 3.05) is 6.54 Å². The Kier molecular flexibility index (Phi) is 3.08. The zero-order chi connectivity index (χ0) is 9.97. The molecule has 1 heterocycles. The Labute approximate surface area is 86.9 Å². The van der Waals surface area contributed by atoms with Crippen LogP contribution in [-0.4, -0.2) is 23.5 Å². The van der Waals surface area contributed by atoms with Crippen molar-refractivity contribution in [2.24, 2.45) is 5.92 Å². The number of hydrogen-bond donors (Lipinski definition) is 0. The van der Waals surface area contributed by atoms with E-state index >= 15 is 0 Å². The first kappa shape index (κ1) is 9.98. The maximum absolute atomic E-state index is 8.96. The van der Waals surface area contributed by atoms with Gasteiger partial charge in [0.2, 0.25) is 0 Å². The molecule has 2 rings (SSSR count). The Hall–Kier alpha value is -0.550. The fourth-order valence-corrected chi connectivity index (χ4v) is 3.22. The third-order valence-electron chi connectivity index (χ3n) is 3.97. The monoisotopic (exact) mass is 192 g/mol. The van der Waals surface area contributed by atoms with Gasteiger partial charge in [-0.25, -0.2) is 0 Å². The summed E-state index contributed by atoms with van der Waals surface area (Å²) in [7, 11) is 0. The molecular weight excluding hydrogens is 172 g/mol. The lowest BCUT2D eigenvalue weighted by Gasteiger charge is -2.30. The van der Waals surface area contributed by atoms with Gasteiger partial charge in [0.25, 0.3) is 0 Å². The molecule has 1 saturated carbocycles. The van der Waals surface area contributed by atoms with Crippen molar-refractivity contribution in [1.29, 1.82) is 5.26 Å². The number of nitriles is 1. The summed E-state index contributed by atoms with van der Waals surface area (Å²) in [6.07, 6.45) is 8.26. The minimum Gasteiger partial charge on any atom is -0.285 e. The van der Waals surface area contributed by atoms with Crippen LogP contribution in [0.4, 0.5) is 0 Å². The van der Waals surface area contributed by atoms with Gasteiger partial charge in [-0.05, 0) is 45.1 Å². The van der Waals surface area contributed by atoms with Gasteiger partial charge in [-0.1, -0.05) is 12.8 Å². The lowest BCUT2D eigenvalue weighted by molar-refractivity contribution is 0.170. The molecule has 2 nitrogen and oxygen atoms in total. The van der Waals surface area contributed by atoms with Crippen LogP contribution >= 0.6 is 0 Å². The first-order valence-electron chi connectivity index (χ1n) is 5.98. The van der Waals surface area contributed by atoms with Crippen LogP contribution in [0.3, 0.4) is 0 Å². The van der Waals surface area contributed by atoms with E-state index in [1.807, 2.05) is 6.92 Å². The lowest BCUT2D eigenvalue weighted by Crippen LogP contribution is -2.40. The van der Waals surface area contributed by atoms with E-state index < -0.39 is 0 Å². The molecule has 2 aliphatic rings. The summed E-state index contributed by atoms with van der Waals surface area (Å²) in [6.45, 7) is 3.20. The average Bonchev–Trinajstić information content (AvgIpc) is 2.85. The topological polar surface area (TPSA) is 27.0 Å². The highest BCUT2D eigenvalue weighted by Crippen LogP contribution is 2.36. The van der Waals surface area contributed by atoms with Crippen molar-refractivity contribution < 1.29 is 0 Å². The Balaban J connectivity index is 1.99. The second-order valence-corrected chi connectivity index (χ2v) is 4.80. The molecule has 0 bridgehead atoms. The van der Waals surface area contributed by atoms with Crippen LogP contribution in [0.2, 0.25) is 0 Å². The van der Waals surface area contributed by atoms with Crippen molar-refractivity contribution in [3.8, 4) is 6.07 Å². The zero-order valence-corrected chi connectivity index (χ0v) is 9.08. The number of rotatable bonds is 2. The molecule has 0 aromatic heterocycles. The van der Waals surface area contributed by atoms with E-state index in [1.54, 1.807) is 0 Å². The van der Waals surface area contributed by atoms with Gasteiger partial charge in [0.15, 0.2) is 0 Å². The average molecular weight is 192 g/mol. The van der Waals surface area contributed by atoms with E-state index in [-0.39, 0.29) is 6.04 Å². The van der Waals surface area contributed by atoms with E-state index in [1.165, 1.54) is 38.5 Å². The van der Waals surface area contributed by atoms with E-state index in [9.17, 15) is 0 Å². The van der Waals surface area contributed by atoms with Gasteiger partial charge in [-0.15, -0.1) is 0 Å². The van der Waals surface area contributed by atoms with Crippen LogP contribution in [0.25, 0.3) is 0 Å². The van der Waals surface area contributed by atoms with Crippen LogP contribution < -0.4 is 0 Å². The first-order valence-corrected chi connectivity index (χ1v) is 5.98. The molecule has 2 fully saturated rings. The minimum atomic E-state index is 0.128. The first-order chi connectivity index (χ1) is 6.83. The van der Waals surface area contributed by atoms with Gasteiger partial charge < -0.3 is 0 Å². The Morgan fingerprint density at radius 2 is 1.93 bits per heavy atom. The highest BCUT2D eigenvalue weighted by molar-refractivity contribution is 4.96. The summed E-state index contributed by atoms with van der Waals surface area (Å²) in [5.74, 6) is 0.897. The number of nitrogens with zero attached hydrogens (tertiary/aromatic N) is 2. The van der Waals surface area contributed by atoms with Gasteiger partial charge in [0.05, 0.1) is 12.1 Å². The van der Waals surface area contributed by atoms with Crippen molar-refractivity contribution in [3.05, 3.63) is 0 Å². The molecule has 0 N–H and O–H groups in total. The fraction of sp³-hybridized carbons (Fsp3) is 0.917. The van der Waals surface area contributed by atoms with Crippen molar-refractivity contribution in [2.45, 2.75) is 57.5 Å². The Morgan fingerprint density at radius 1 is 1.21 bits per heavy atom. The molecule has 0 amide bonds. The highest BCUT2D eigenvalue weighted by Gasteiger charge is 2.35. The quantitative estimate of drug-likeness (QED) is 0.672. The Morgan fingerprint density at radius 3 is 2.57 bits per heavy atom. The molecule has 2 heteroatoms. The van der Waals surface area contributed by atoms with E-state index in [0.717, 1.165) is 18.5 Å². The summed E-state index contributed by atoms with van der Waals surface area (Å²) in [5.41, 5.74) is 0. The molecule has 0 radical (unpaired) electrons. The third-order valence-corrected chi connectivity index (χ3v) is 3.97. The van der Waals surface area contributed by atoms with Gasteiger partial charge in [0, 0.05) is 6.04 Å². The van der Waals surface area contributed by atoms with E-state index in [2.05, 4.69) is 11.0 Å². The summed E-state index contributed by atoms with van der Waals surface area (Å²) in [6, 6.07) is 3.24. The molecule has 2 unspecified atom stereocenters. The number of likely N-dealkylation sites (tertiary alicyclic amines) is 1. The summed E-state index contributed by atoms with van der Waals surface area (Å²) >= 11 is 0. The molecular formula is C12H20N2. The number of hydrogen-bond acceptors (Lipinski definition) is 2. The van der Waals surface area contributed by atoms with Crippen LogP contribution in [0.15, 0.2) is 0 Å². The largest absolute Gasteiger partial charge is 0.285 e. The van der Waals surface area contributed by atoms with Crippen molar-refractivity contribution >= 4 is 0 Å². The summed E-state index contributed by atoms with van der Waals surface area (Å²) in [5, 5.41) is 8.96. The summed E-state index contributed by atoms with van der Waals surface area (Å²) < 4.78 is 0. The van der Waals surface area contributed by atoms with Gasteiger partial charge >= 0.3 is 0 Å². The predicted molar refractivity (Wildman–Crippen MR) is 56.8 cm³/mol. The van der Waals surface area contributed by atoms with E-state index in [4.69, 9.17) is 5.26 Å². The second kappa shape index (κ2) is 4.31. The molecule has 2 atom stereocenters. The molecule has 14 heavy (non-hydrogen) atoms. The molecule has 0 aromatic carbocycles. The maximum Gasteiger partial charge on any atom is 0.0951 e.